The van der Waals surface area contributed by atoms with Crippen LogP contribution in [-0.2, 0) is 4.79 Å². The number of piperidine rings is 1. The van der Waals surface area contributed by atoms with Crippen molar-refractivity contribution in [2.75, 3.05) is 13.1 Å². The fraction of sp³-hybridized carbons (Fsp3) is 0.900. The lowest BCUT2D eigenvalue weighted by Gasteiger charge is -2.34. The van der Waals surface area contributed by atoms with Gasteiger partial charge < -0.3 is 10.4 Å². The van der Waals surface area contributed by atoms with Crippen LogP contribution in [0.2, 0.25) is 0 Å². The van der Waals surface area contributed by atoms with Crippen LogP contribution in [0, 0.1) is 0 Å². The largest absolute Gasteiger partial charge is 0.480 e. The highest BCUT2D eigenvalue weighted by Crippen LogP contribution is 2.38. The molecule has 0 aliphatic carbocycles. The molecule has 4 heteroatoms. The van der Waals surface area contributed by atoms with Crippen LogP contribution in [0.3, 0.4) is 0 Å². The molecule has 3 nitrogen and oxygen atoms in total. The van der Waals surface area contributed by atoms with E-state index in [9.17, 15) is 9.90 Å². The Kier molecular flexibility index (Phi) is 4.26. The maximum Gasteiger partial charge on any atom is 0.319 e. The summed E-state index contributed by atoms with van der Waals surface area (Å²) >= 11 is 1.64. The summed E-state index contributed by atoms with van der Waals surface area (Å²) < 4.78 is -0.527. The van der Waals surface area contributed by atoms with E-state index >= 15 is 0 Å². The van der Waals surface area contributed by atoms with Crippen LogP contribution in [0.4, 0.5) is 0 Å². The van der Waals surface area contributed by atoms with Gasteiger partial charge in [0.1, 0.15) is 4.75 Å². The number of carboxylic acids is 1. The number of hydrogen-bond donors (Lipinski definition) is 2. The predicted octanol–water partition coefficient (Wildman–Crippen LogP) is 1.72. The van der Waals surface area contributed by atoms with E-state index in [4.69, 9.17) is 0 Å². The Bertz CT molecular complexity index is 202. The van der Waals surface area contributed by atoms with E-state index in [2.05, 4.69) is 19.2 Å². The Hall–Kier alpha value is -0.220. The predicted molar refractivity (Wildman–Crippen MR) is 59.8 cm³/mol. The second-order valence-electron chi connectivity index (χ2n) is 3.89. The molecular formula is C10H19NO2S. The molecule has 1 aliphatic rings. The maximum absolute atomic E-state index is 11.3. The zero-order valence-corrected chi connectivity index (χ0v) is 9.69. The molecule has 0 amide bonds. The van der Waals surface area contributed by atoms with Crippen molar-refractivity contribution in [3.8, 4) is 0 Å². The summed E-state index contributed by atoms with van der Waals surface area (Å²) in [4.78, 5) is 11.3. The van der Waals surface area contributed by atoms with Crippen molar-refractivity contribution in [3.63, 3.8) is 0 Å². The topological polar surface area (TPSA) is 49.3 Å². The zero-order chi connectivity index (χ0) is 10.6. The Labute approximate surface area is 89.6 Å². The Morgan fingerprint density at radius 3 is 2.57 bits per heavy atom. The fourth-order valence-corrected chi connectivity index (χ4v) is 3.16. The van der Waals surface area contributed by atoms with Crippen molar-refractivity contribution in [1.82, 2.24) is 5.32 Å². The summed E-state index contributed by atoms with van der Waals surface area (Å²) in [6.07, 6.45) is 2.53. The molecule has 1 atom stereocenters. The van der Waals surface area contributed by atoms with Crippen LogP contribution in [0.1, 0.15) is 33.1 Å². The molecule has 1 aliphatic heterocycles. The van der Waals surface area contributed by atoms with Crippen LogP contribution in [0.5, 0.6) is 0 Å². The van der Waals surface area contributed by atoms with Crippen molar-refractivity contribution in [1.29, 1.82) is 0 Å². The van der Waals surface area contributed by atoms with Gasteiger partial charge in [-0.1, -0.05) is 13.8 Å². The van der Waals surface area contributed by atoms with Crippen LogP contribution < -0.4 is 5.32 Å². The third-order valence-corrected chi connectivity index (χ3v) is 4.57. The molecule has 14 heavy (non-hydrogen) atoms. The Balaban J connectivity index is 2.65. The van der Waals surface area contributed by atoms with Gasteiger partial charge in [0.25, 0.3) is 0 Å². The van der Waals surface area contributed by atoms with Crippen LogP contribution in [0.15, 0.2) is 0 Å². The first-order valence-electron chi connectivity index (χ1n) is 5.22. The summed E-state index contributed by atoms with van der Waals surface area (Å²) in [5.41, 5.74) is 0. The third-order valence-electron chi connectivity index (χ3n) is 2.80. The number of rotatable bonds is 4. The second-order valence-corrected chi connectivity index (χ2v) is 5.71. The summed E-state index contributed by atoms with van der Waals surface area (Å²) in [6, 6.07) is 0. The molecule has 1 fully saturated rings. The van der Waals surface area contributed by atoms with Crippen molar-refractivity contribution < 1.29 is 9.90 Å². The van der Waals surface area contributed by atoms with E-state index in [0.717, 1.165) is 32.4 Å². The van der Waals surface area contributed by atoms with Crippen molar-refractivity contribution in [2.24, 2.45) is 0 Å². The molecule has 0 aromatic carbocycles. The molecule has 0 bridgehead atoms. The van der Waals surface area contributed by atoms with E-state index in [1.54, 1.807) is 11.8 Å². The van der Waals surface area contributed by atoms with E-state index in [1.807, 2.05) is 0 Å². The van der Waals surface area contributed by atoms with Gasteiger partial charge in [-0.2, -0.15) is 0 Å². The lowest BCUT2D eigenvalue weighted by molar-refractivity contribution is -0.140. The zero-order valence-electron chi connectivity index (χ0n) is 8.88. The average molecular weight is 217 g/mol. The molecule has 82 valence electrons. The molecule has 1 unspecified atom stereocenters. The van der Waals surface area contributed by atoms with Gasteiger partial charge in [-0.3, -0.25) is 4.79 Å². The minimum atomic E-state index is -0.635. The minimum absolute atomic E-state index is 0.434. The number of thioether (sulfide) groups is 1. The van der Waals surface area contributed by atoms with E-state index in [1.165, 1.54) is 0 Å². The Morgan fingerprint density at radius 1 is 1.57 bits per heavy atom. The first-order valence-corrected chi connectivity index (χ1v) is 6.10. The van der Waals surface area contributed by atoms with Crippen molar-refractivity contribution >= 4 is 17.7 Å². The number of carbonyl (C=O) groups is 1. The van der Waals surface area contributed by atoms with Gasteiger partial charge in [-0.15, -0.1) is 11.8 Å². The van der Waals surface area contributed by atoms with Gasteiger partial charge in [0.15, 0.2) is 0 Å². The number of hydrogen-bond acceptors (Lipinski definition) is 3. The van der Waals surface area contributed by atoms with E-state index in [-0.39, 0.29) is 0 Å². The van der Waals surface area contributed by atoms with Crippen molar-refractivity contribution in [2.45, 2.75) is 43.1 Å². The molecular weight excluding hydrogens is 198 g/mol. The second kappa shape index (κ2) is 5.03. The standard InChI is InChI=1S/C10H19NO2S/c1-3-8(2)14-10(9(12)13)4-6-11-7-5-10/h8,11H,3-7H2,1-2H3,(H,12,13). The average Bonchev–Trinajstić information content (AvgIpc) is 2.19. The quantitative estimate of drug-likeness (QED) is 0.753. The molecule has 1 saturated heterocycles. The number of nitrogens with one attached hydrogen (secondary N) is 1. The number of aliphatic carboxylic acids is 1. The summed E-state index contributed by atoms with van der Waals surface area (Å²) in [5, 5.41) is 12.9. The summed E-state index contributed by atoms with van der Waals surface area (Å²) in [7, 11) is 0. The van der Waals surface area contributed by atoms with Gasteiger partial charge in [0, 0.05) is 5.25 Å². The maximum atomic E-state index is 11.3. The molecule has 1 rings (SSSR count). The summed E-state index contributed by atoms with van der Waals surface area (Å²) in [6.45, 7) is 5.87. The summed E-state index contributed by atoms with van der Waals surface area (Å²) in [5.74, 6) is -0.635. The highest BCUT2D eigenvalue weighted by molar-refractivity contribution is 8.02. The van der Waals surface area contributed by atoms with E-state index in [0.29, 0.717) is 5.25 Å². The molecule has 2 N–H and O–H groups in total. The van der Waals surface area contributed by atoms with Crippen LogP contribution >= 0.6 is 11.8 Å². The molecule has 0 aromatic heterocycles. The van der Waals surface area contributed by atoms with Crippen molar-refractivity contribution in [3.05, 3.63) is 0 Å². The first-order chi connectivity index (χ1) is 6.60. The molecule has 1 heterocycles. The minimum Gasteiger partial charge on any atom is -0.480 e. The highest BCUT2D eigenvalue weighted by Gasteiger charge is 2.41. The van der Waals surface area contributed by atoms with Crippen LogP contribution in [-0.4, -0.2) is 34.2 Å². The third kappa shape index (κ3) is 2.64. The highest BCUT2D eigenvalue weighted by atomic mass is 32.2. The van der Waals surface area contributed by atoms with Gasteiger partial charge >= 0.3 is 5.97 Å². The number of carboxylic acid groups (broad SMARTS) is 1. The lowest BCUT2D eigenvalue weighted by Crippen LogP contribution is -2.46. The molecule has 0 aromatic rings. The SMILES string of the molecule is CCC(C)SC1(C(=O)O)CCNCC1. The monoisotopic (exact) mass is 217 g/mol. The van der Waals surface area contributed by atoms with E-state index < -0.39 is 10.7 Å². The van der Waals surface area contributed by atoms with Gasteiger partial charge in [0.05, 0.1) is 0 Å². The first kappa shape index (κ1) is 11.9. The van der Waals surface area contributed by atoms with Gasteiger partial charge in [0.2, 0.25) is 0 Å². The lowest BCUT2D eigenvalue weighted by atomic mass is 9.97. The Morgan fingerprint density at radius 2 is 2.14 bits per heavy atom. The molecule has 0 radical (unpaired) electrons. The normalized spacial score (nSPS) is 23.0. The smallest absolute Gasteiger partial charge is 0.319 e. The van der Waals surface area contributed by atoms with Gasteiger partial charge in [-0.25, -0.2) is 0 Å². The fourth-order valence-electron chi connectivity index (χ4n) is 1.68. The van der Waals surface area contributed by atoms with Crippen LogP contribution in [0.25, 0.3) is 0 Å². The molecule has 0 spiro atoms. The van der Waals surface area contributed by atoms with Gasteiger partial charge in [-0.05, 0) is 32.4 Å². The molecule has 0 saturated carbocycles.